The standard InChI is InChI=1S/C19H15NO2S/c1-21-17-8-7-13(10-18(17)22-2)9-14(11-20)16-12-23-19-6-4-3-5-15(16)19/h3-10,12H,1-2H3/b14-9+. The van der Waals surface area contributed by atoms with Crippen LogP contribution in [0.2, 0.25) is 0 Å². The third-order valence-electron chi connectivity index (χ3n) is 3.61. The minimum absolute atomic E-state index is 0.634. The number of thiophene rings is 1. The summed E-state index contributed by atoms with van der Waals surface area (Å²) in [5.41, 5.74) is 2.49. The van der Waals surface area contributed by atoms with E-state index in [1.165, 1.54) is 4.70 Å². The lowest BCUT2D eigenvalue weighted by Gasteiger charge is -2.08. The van der Waals surface area contributed by atoms with Gasteiger partial charge in [-0.05, 0) is 29.8 Å². The molecule has 23 heavy (non-hydrogen) atoms. The fraction of sp³-hybridized carbons (Fsp3) is 0.105. The molecule has 0 atom stereocenters. The van der Waals surface area contributed by atoms with E-state index in [4.69, 9.17) is 9.47 Å². The van der Waals surface area contributed by atoms with Gasteiger partial charge >= 0.3 is 0 Å². The lowest BCUT2D eigenvalue weighted by molar-refractivity contribution is 0.355. The van der Waals surface area contributed by atoms with Gasteiger partial charge < -0.3 is 9.47 Å². The van der Waals surface area contributed by atoms with Gasteiger partial charge in [0, 0.05) is 21.0 Å². The Morgan fingerprint density at radius 3 is 2.61 bits per heavy atom. The summed E-state index contributed by atoms with van der Waals surface area (Å²) in [5.74, 6) is 1.32. The van der Waals surface area contributed by atoms with Gasteiger partial charge in [0.25, 0.3) is 0 Å². The molecule has 1 aromatic heterocycles. The van der Waals surface area contributed by atoms with E-state index in [0.717, 1.165) is 16.5 Å². The maximum Gasteiger partial charge on any atom is 0.161 e. The highest BCUT2D eigenvalue weighted by Gasteiger charge is 2.09. The zero-order valence-electron chi connectivity index (χ0n) is 12.9. The van der Waals surface area contributed by atoms with E-state index in [1.54, 1.807) is 25.6 Å². The van der Waals surface area contributed by atoms with Gasteiger partial charge in [-0.25, -0.2) is 0 Å². The summed E-state index contributed by atoms with van der Waals surface area (Å²) in [6.45, 7) is 0. The van der Waals surface area contributed by atoms with Crippen LogP contribution >= 0.6 is 11.3 Å². The summed E-state index contributed by atoms with van der Waals surface area (Å²) in [7, 11) is 3.20. The first-order valence-corrected chi connectivity index (χ1v) is 7.95. The Morgan fingerprint density at radius 2 is 1.87 bits per heavy atom. The van der Waals surface area contributed by atoms with Crippen molar-refractivity contribution in [2.75, 3.05) is 14.2 Å². The summed E-state index contributed by atoms with van der Waals surface area (Å²) < 4.78 is 11.7. The molecule has 0 saturated carbocycles. The van der Waals surface area contributed by atoms with Gasteiger partial charge in [-0.2, -0.15) is 5.26 Å². The van der Waals surface area contributed by atoms with E-state index in [-0.39, 0.29) is 0 Å². The molecule has 0 bridgehead atoms. The fourth-order valence-electron chi connectivity index (χ4n) is 2.47. The second-order valence-electron chi connectivity index (χ2n) is 4.93. The van der Waals surface area contributed by atoms with E-state index < -0.39 is 0 Å². The second-order valence-corrected chi connectivity index (χ2v) is 5.84. The Hall–Kier alpha value is -2.77. The van der Waals surface area contributed by atoms with E-state index >= 15 is 0 Å². The predicted octanol–water partition coefficient (Wildman–Crippen LogP) is 4.98. The van der Waals surface area contributed by atoms with Gasteiger partial charge in [0.05, 0.1) is 25.9 Å². The SMILES string of the molecule is COc1ccc(/C=C(\C#N)c2csc3ccccc23)cc1OC. The van der Waals surface area contributed by atoms with Crippen molar-refractivity contribution in [3.05, 3.63) is 59.0 Å². The van der Waals surface area contributed by atoms with Gasteiger partial charge in [0.1, 0.15) is 0 Å². The molecule has 0 spiro atoms. The largest absolute Gasteiger partial charge is 0.493 e. The van der Waals surface area contributed by atoms with Crippen LogP contribution < -0.4 is 9.47 Å². The van der Waals surface area contributed by atoms with Crippen molar-refractivity contribution < 1.29 is 9.47 Å². The maximum absolute atomic E-state index is 9.58. The summed E-state index contributed by atoms with van der Waals surface area (Å²) in [4.78, 5) is 0. The van der Waals surface area contributed by atoms with E-state index in [9.17, 15) is 5.26 Å². The molecule has 4 heteroatoms. The lowest BCUT2D eigenvalue weighted by atomic mass is 10.0. The van der Waals surface area contributed by atoms with Crippen LogP contribution in [0.15, 0.2) is 47.8 Å². The molecule has 0 unspecified atom stereocenters. The number of hydrogen-bond donors (Lipinski definition) is 0. The first-order valence-electron chi connectivity index (χ1n) is 7.07. The van der Waals surface area contributed by atoms with Crippen molar-refractivity contribution in [2.24, 2.45) is 0 Å². The molecule has 0 fully saturated rings. The lowest BCUT2D eigenvalue weighted by Crippen LogP contribution is -1.90. The molecule has 0 aliphatic heterocycles. The number of nitriles is 1. The molecule has 3 aromatic rings. The average molecular weight is 321 g/mol. The fourth-order valence-corrected chi connectivity index (χ4v) is 3.43. The molecule has 114 valence electrons. The van der Waals surface area contributed by atoms with Crippen molar-refractivity contribution in [2.45, 2.75) is 0 Å². The van der Waals surface area contributed by atoms with Crippen molar-refractivity contribution in [3.8, 4) is 17.6 Å². The van der Waals surface area contributed by atoms with Crippen LogP contribution in [0.3, 0.4) is 0 Å². The second kappa shape index (κ2) is 6.55. The molecular weight excluding hydrogens is 306 g/mol. The van der Waals surface area contributed by atoms with Crippen molar-refractivity contribution >= 4 is 33.1 Å². The molecule has 0 aliphatic rings. The molecule has 0 amide bonds. The van der Waals surface area contributed by atoms with Gasteiger partial charge in [0.2, 0.25) is 0 Å². The predicted molar refractivity (Wildman–Crippen MR) is 94.9 cm³/mol. The number of benzene rings is 2. The minimum Gasteiger partial charge on any atom is -0.493 e. The van der Waals surface area contributed by atoms with Crippen molar-refractivity contribution in [3.63, 3.8) is 0 Å². The Kier molecular flexibility index (Phi) is 4.31. The third-order valence-corrected chi connectivity index (χ3v) is 4.57. The summed E-state index contributed by atoms with van der Waals surface area (Å²) in [6, 6.07) is 16.0. The van der Waals surface area contributed by atoms with Gasteiger partial charge in [-0.1, -0.05) is 24.3 Å². The molecule has 0 radical (unpaired) electrons. The number of hydrogen-bond acceptors (Lipinski definition) is 4. The van der Waals surface area contributed by atoms with Crippen LogP contribution in [-0.2, 0) is 0 Å². The molecule has 1 heterocycles. The van der Waals surface area contributed by atoms with E-state index in [2.05, 4.69) is 12.1 Å². The first-order chi connectivity index (χ1) is 11.3. The summed E-state index contributed by atoms with van der Waals surface area (Å²) in [5, 5.41) is 12.7. The molecular formula is C19H15NO2S. The van der Waals surface area contributed by atoms with Crippen LogP contribution in [0.4, 0.5) is 0 Å². The molecule has 0 N–H and O–H groups in total. The topological polar surface area (TPSA) is 42.2 Å². The van der Waals surface area contributed by atoms with E-state index in [0.29, 0.717) is 17.1 Å². The average Bonchev–Trinajstić information content (AvgIpc) is 3.03. The highest BCUT2D eigenvalue weighted by molar-refractivity contribution is 7.17. The molecule has 2 aromatic carbocycles. The van der Waals surface area contributed by atoms with Crippen LogP contribution in [-0.4, -0.2) is 14.2 Å². The number of rotatable bonds is 4. The van der Waals surface area contributed by atoms with Crippen molar-refractivity contribution in [1.82, 2.24) is 0 Å². The zero-order valence-corrected chi connectivity index (χ0v) is 13.7. The number of nitrogens with zero attached hydrogens (tertiary/aromatic N) is 1. The number of allylic oxidation sites excluding steroid dienone is 1. The Bertz CT molecular complexity index is 919. The molecule has 3 nitrogen and oxygen atoms in total. The zero-order chi connectivity index (χ0) is 16.2. The highest BCUT2D eigenvalue weighted by Crippen LogP contribution is 2.33. The number of fused-ring (bicyclic) bond motifs is 1. The van der Waals surface area contributed by atoms with Gasteiger partial charge in [-0.15, -0.1) is 11.3 Å². The molecule has 3 rings (SSSR count). The van der Waals surface area contributed by atoms with Gasteiger partial charge in [0.15, 0.2) is 11.5 Å². The monoisotopic (exact) mass is 321 g/mol. The Labute approximate surface area is 139 Å². The summed E-state index contributed by atoms with van der Waals surface area (Å²) in [6.07, 6.45) is 1.87. The highest BCUT2D eigenvalue weighted by atomic mass is 32.1. The summed E-state index contributed by atoms with van der Waals surface area (Å²) >= 11 is 1.65. The van der Waals surface area contributed by atoms with Crippen LogP contribution in [0.25, 0.3) is 21.7 Å². The number of methoxy groups -OCH3 is 2. The Balaban J connectivity index is 2.08. The smallest absolute Gasteiger partial charge is 0.161 e. The first kappa shape index (κ1) is 15.1. The molecule has 0 saturated heterocycles. The number of ether oxygens (including phenoxy) is 2. The van der Waals surface area contributed by atoms with Crippen LogP contribution in [0.5, 0.6) is 11.5 Å². The maximum atomic E-state index is 9.58. The van der Waals surface area contributed by atoms with Gasteiger partial charge in [-0.3, -0.25) is 0 Å². The molecule has 0 aliphatic carbocycles. The van der Waals surface area contributed by atoms with Crippen LogP contribution in [0, 0.1) is 11.3 Å². The Morgan fingerprint density at radius 1 is 1.09 bits per heavy atom. The normalized spacial score (nSPS) is 11.3. The van der Waals surface area contributed by atoms with E-state index in [1.807, 2.05) is 47.9 Å². The third kappa shape index (κ3) is 2.92. The minimum atomic E-state index is 0.634. The quantitative estimate of drug-likeness (QED) is 0.636. The van der Waals surface area contributed by atoms with Crippen LogP contribution in [0.1, 0.15) is 11.1 Å². The van der Waals surface area contributed by atoms with Crippen molar-refractivity contribution in [1.29, 1.82) is 5.26 Å².